The van der Waals surface area contributed by atoms with Gasteiger partial charge in [0.25, 0.3) is 0 Å². The van der Waals surface area contributed by atoms with Crippen molar-refractivity contribution in [2.45, 2.75) is 64.6 Å². The molecule has 0 aromatic carbocycles. The average molecular weight is 294 g/mol. The molecule has 118 valence electrons. The van der Waals surface area contributed by atoms with Gasteiger partial charge in [-0.05, 0) is 26.2 Å². The van der Waals surface area contributed by atoms with Crippen LogP contribution in [-0.4, -0.2) is 59.5 Å². The maximum atomic E-state index is 12.9. The summed E-state index contributed by atoms with van der Waals surface area (Å²) in [6, 6.07) is -0.00292. The van der Waals surface area contributed by atoms with E-state index in [0.717, 1.165) is 25.8 Å². The molecule has 5 nitrogen and oxygen atoms in total. The topological polar surface area (TPSA) is 49.9 Å². The van der Waals surface area contributed by atoms with Gasteiger partial charge in [-0.1, -0.05) is 13.8 Å². The van der Waals surface area contributed by atoms with Crippen molar-refractivity contribution in [3.8, 4) is 0 Å². The van der Waals surface area contributed by atoms with Crippen LogP contribution in [0.15, 0.2) is 0 Å². The van der Waals surface area contributed by atoms with Crippen LogP contribution >= 0.6 is 0 Å². The van der Waals surface area contributed by atoms with Crippen molar-refractivity contribution in [2.75, 3.05) is 19.7 Å². The molecule has 2 saturated heterocycles. The van der Waals surface area contributed by atoms with E-state index in [1.807, 2.05) is 11.8 Å². The second-order valence-electron chi connectivity index (χ2n) is 7.04. The van der Waals surface area contributed by atoms with E-state index in [1.165, 1.54) is 0 Å². The summed E-state index contributed by atoms with van der Waals surface area (Å²) in [7, 11) is 0. The Hall–Kier alpha value is -1.10. The predicted molar refractivity (Wildman–Crippen MR) is 78.7 cm³/mol. The molecule has 5 heteroatoms. The fraction of sp³-hybridized carbons (Fsp3) is 0.875. The van der Waals surface area contributed by atoms with Gasteiger partial charge in [0.2, 0.25) is 11.8 Å². The smallest absolute Gasteiger partial charge is 0.245 e. The van der Waals surface area contributed by atoms with Gasteiger partial charge in [0.05, 0.1) is 6.10 Å². The lowest BCUT2D eigenvalue weighted by Crippen LogP contribution is -2.64. The highest BCUT2D eigenvalue weighted by molar-refractivity contribution is 5.90. The molecular formula is C16H26N2O3. The third-order valence-corrected chi connectivity index (χ3v) is 5.58. The molecule has 3 unspecified atom stereocenters. The van der Waals surface area contributed by atoms with Crippen LogP contribution in [-0.2, 0) is 14.3 Å². The summed E-state index contributed by atoms with van der Waals surface area (Å²) in [4.78, 5) is 28.8. The van der Waals surface area contributed by atoms with Crippen LogP contribution < -0.4 is 0 Å². The van der Waals surface area contributed by atoms with Crippen LogP contribution in [0.5, 0.6) is 0 Å². The number of hydrogen-bond acceptors (Lipinski definition) is 3. The Morgan fingerprint density at radius 1 is 1.24 bits per heavy atom. The van der Waals surface area contributed by atoms with Gasteiger partial charge in [0, 0.05) is 37.6 Å². The fourth-order valence-corrected chi connectivity index (χ4v) is 4.17. The average Bonchev–Trinajstić information content (AvgIpc) is 2.90. The fourth-order valence-electron chi connectivity index (χ4n) is 4.17. The normalized spacial score (nSPS) is 35.5. The van der Waals surface area contributed by atoms with Crippen LogP contribution in [0, 0.1) is 5.41 Å². The highest BCUT2D eigenvalue weighted by Crippen LogP contribution is 2.46. The highest BCUT2D eigenvalue weighted by atomic mass is 16.5. The Morgan fingerprint density at radius 3 is 2.67 bits per heavy atom. The molecule has 3 fully saturated rings. The Bertz CT molecular complexity index is 449. The molecule has 2 heterocycles. The number of fused-ring (bicyclic) bond motifs is 1. The van der Waals surface area contributed by atoms with Crippen molar-refractivity contribution in [2.24, 2.45) is 5.41 Å². The van der Waals surface area contributed by atoms with Crippen LogP contribution in [0.2, 0.25) is 0 Å². The van der Waals surface area contributed by atoms with E-state index in [2.05, 4.69) is 13.8 Å². The standard InChI is InChI=1S/C16H26N2O3/c1-4-21-13-10-12(16(13,2)3)18-9-7-14(19)17-8-5-6-11(17)15(18)20/h11-13H,4-10H2,1-3H3. The van der Waals surface area contributed by atoms with Gasteiger partial charge in [-0.3, -0.25) is 9.59 Å². The minimum Gasteiger partial charge on any atom is -0.378 e. The molecule has 1 saturated carbocycles. The van der Waals surface area contributed by atoms with Crippen molar-refractivity contribution >= 4 is 11.8 Å². The Morgan fingerprint density at radius 2 is 2.00 bits per heavy atom. The molecule has 0 aromatic heterocycles. The number of amides is 2. The third kappa shape index (κ3) is 2.26. The van der Waals surface area contributed by atoms with E-state index in [4.69, 9.17) is 4.74 Å². The molecule has 3 atom stereocenters. The summed E-state index contributed by atoms with van der Waals surface area (Å²) in [6.07, 6.45) is 3.36. The van der Waals surface area contributed by atoms with Gasteiger partial charge in [0.15, 0.2) is 0 Å². The zero-order valence-corrected chi connectivity index (χ0v) is 13.3. The second-order valence-corrected chi connectivity index (χ2v) is 7.04. The summed E-state index contributed by atoms with van der Waals surface area (Å²) < 4.78 is 5.77. The highest BCUT2D eigenvalue weighted by Gasteiger charge is 2.54. The quantitative estimate of drug-likeness (QED) is 0.791. The summed E-state index contributed by atoms with van der Waals surface area (Å²) in [5.41, 5.74) is -0.0253. The lowest BCUT2D eigenvalue weighted by atomic mass is 9.63. The maximum Gasteiger partial charge on any atom is 0.245 e. The van der Waals surface area contributed by atoms with Crippen LogP contribution in [0.4, 0.5) is 0 Å². The number of rotatable bonds is 3. The van der Waals surface area contributed by atoms with Gasteiger partial charge < -0.3 is 14.5 Å². The predicted octanol–water partition coefficient (Wildman–Crippen LogP) is 1.41. The van der Waals surface area contributed by atoms with E-state index in [1.54, 1.807) is 4.90 Å². The minimum atomic E-state index is -0.207. The van der Waals surface area contributed by atoms with Gasteiger partial charge >= 0.3 is 0 Å². The second kappa shape index (κ2) is 5.27. The Labute approximate surface area is 126 Å². The number of carbonyl (C=O) groups excluding carboxylic acids is 2. The first-order chi connectivity index (χ1) is 9.96. The first-order valence-electron chi connectivity index (χ1n) is 8.18. The van der Waals surface area contributed by atoms with Crippen molar-refractivity contribution in [1.82, 2.24) is 9.80 Å². The van der Waals surface area contributed by atoms with E-state index in [9.17, 15) is 9.59 Å². The summed E-state index contributed by atoms with van der Waals surface area (Å²) in [6.45, 7) is 8.39. The van der Waals surface area contributed by atoms with E-state index in [-0.39, 0.29) is 35.4 Å². The van der Waals surface area contributed by atoms with E-state index < -0.39 is 0 Å². The maximum absolute atomic E-state index is 12.9. The monoisotopic (exact) mass is 294 g/mol. The summed E-state index contributed by atoms with van der Waals surface area (Å²) >= 11 is 0. The van der Waals surface area contributed by atoms with Crippen LogP contribution in [0.1, 0.15) is 46.5 Å². The Kier molecular flexibility index (Phi) is 3.72. The third-order valence-electron chi connectivity index (χ3n) is 5.58. The van der Waals surface area contributed by atoms with Crippen LogP contribution in [0.3, 0.4) is 0 Å². The Balaban J connectivity index is 1.77. The lowest BCUT2D eigenvalue weighted by molar-refractivity contribution is -0.168. The van der Waals surface area contributed by atoms with Crippen molar-refractivity contribution in [3.05, 3.63) is 0 Å². The molecule has 0 N–H and O–H groups in total. The molecule has 2 amide bonds. The zero-order valence-electron chi connectivity index (χ0n) is 13.3. The molecule has 3 aliphatic rings. The SMILES string of the molecule is CCOC1CC(N2CCC(=O)N3CCCC3C2=O)C1(C)C. The van der Waals surface area contributed by atoms with Gasteiger partial charge in [-0.25, -0.2) is 0 Å². The lowest BCUT2D eigenvalue weighted by Gasteiger charge is -2.55. The van der Waals surface area contributed by atoms with E-state index in [0.29, 0.717) is 19.6 Å². The number of hydrogen-bond donors (Lipinski definition) is 0. The van der Waals surface area contributed by atoms with Crippen LogP contribution in [0.25, 0.3) is 0 Å². The van der Waals surface area contributed by atoms with Gasteiger partial charge in [0.1, 0.15) is 6.04 Å². The minimum absolute atomic E-state index is 0.0253. The largest absolute Gasteiger partial charge is 0.378 e. The number of carbonyl (C=O) groups is 2. The first kappa shape index (κ1) is 14.8. The number of ether oxygens (including phenoxy) is 1. The zero-order chi connectivity index (χ0) is 15.2. The van der Waals surface area contributed by atoms with E-state index >= 15 is 0 Å². The van der Waals surface area contributed by atoms with Gasteiger partial charge in [-0.15, -0.1) is 0 Å². The van der Waals surface area contributed by atoms with Crippen molar-refractivity contribution in [1.29, 1.82) is 0 Å². The summed E-state index contributed by atoms with van der Waals surface area (Å²) in [5.74, 6) is 0.304. The number of nitrogens with zero attached hydrogens (tertiary/aromatic N) is 2. The molecule has 0 radical (unpaired) electrons. The molecule has 0 spiro atoms. The van der Waals surface area contributed by atoms with Crippen molar-refractivity contribution in [3.63, 3.8) is 0 Å². The molecular weight excluding hydrogens is 268 g/mol. The molecule has 3 rings (SSSR count). The summed E-state index contributed by atoms with van der Waals surface area (Å²) in [5, 5.41) is 0. The molecule has 0 bridgehead atoms. The molecule has 2 aliphatic heterocycles. The first-order valence-corrected chi connectivity index (χ1v) is 8.18. The molecule has 0 aromatic rings. The van der Waals surface area contributed by atoms with Gasteiger partial charge in [-0.2, -0.15) is 0 Å². The molecule has 21 heavy (non-hydrogen) atoms. The van der Waals surface area contributed by atoms with Crippen molar-refractivity contribution < 1.29 is 14.3 Å². The molecule has 1 aliphatic carbocycles.